The Morgan fingerprint density at radius 2 is 2.00 bits per heavy atom. The van der Waals surface area contributed by atoms with E-state index in [0.29, 0.717) is 16.2 Å². The Hall–Kier alpha value is -2.21. The highest BCUT2D eigenvalue weighted by Gasteiger charge is 2.15. The molecule has 1 aromatic carbocycles. The maximum Gasteiger partial charge on any atom is 0.207 e. The van der Waals surface area contributed by atoms with Crippen LogP contribution >= 0.6 is 11.6 Å². The average molecular weight is 282 g/mol. The van der Waals surface area contributed by atoms with Gasteiger partial charge in [0.2, 0.25) is 11.4 Å². The molecule has 96 valence electrons. The number of aromatic nitrogens is 2. The van der Waals surface area contributed by atoms with E-state index in [1.807, 2.05) is 0 Å². The van der Waals surface area contributed by atoms with Crippen LogP contribution in [0.5, 0.6) is 0 Å². The monoisotopic (exact) mass is 281 g/mol. The van der Waals surface area contributed by atoms with Gasteiger partial charge in [0.25, 0.3) is 0 Å². The van der Waals surface area contributed by atoms with E-state index in [9.17, 15) is 8.78 Å². The largest absolute Gasteiger partial charge is 0.351 e. The number of pyridine rings is 1. The van der Waals surface area contributed by atoms with Gasteiger partial charge in [-0.15, -0.1) is 0 Å². The molecular weight excluding hydrogens is 276 g/mol. The topological polar surface area (TPSA) is 51.0 Å². The van der Waals surface area contributed by atoms with E-state index in [-0.39, 0.29) is 11.4 Å². The van der Waals surface area contributed by atoms with E-state index >= 15 is 0 Å². The minimum atomic E-state index is -1.06. The molecule has 0 aliphatic carbocycles. The molecule has 19 heavy (non-hydrogen) atoms. The molecule has 0 atom stereocenters. The molecule has 7 heteroatoms. The van der Waals surface area contributed by atoms with Crippen LogP contribution < -0.4 is 5.32 Å². The molecule has 0 aliphatic heterocycles. The molecule has 0 amide bonds. The van der Waals surface area contributed by atoms with Crippen molar-refractivity contribution >= 4 is 34.1 Å². The van der Waals surface area contributed by atoms with Crippen LogP contribution in [-0.2, 0) is 0 Å². The third-order valence-electron chi connectivity index (χ3n) is 2.52. The fraction of sp³-hybridized carbons (Fsp3) is 0. The first-order chi connectivity index (χ1) is 9.15. The van der Waals surface area contributed by atoms with Crippen LogP contribution in [-0.4, -0.2) is 10.1 Å². The minimum Gasteiger partial charge on any atom is -0.351 e. The van der Waals surface area contributed by atoms with E-state index in [0.717, 1.165) is 6.07 Å². The molecule has 0 saturated carbocycles. The number of hydrogen-bond donors (Lipinski definition) is 1. The molecule has 0 fully saturated rings. The molecule has 0 saturated heterocycles. The number of fused-ring (bicyclic) bond motifs is 1. The molecule has 3 rings (SSSR count). The van der Waals surface area contributed by atoms with Crippen LogP contribution in [0.3, 0.4) is 0 Å². The Kier molecular flexibility index (Phi) is 2.79. The fourth-order valence-corrected chi connectivity index (χ4v) is 1.74. The number of rotatable bonds is 2. The van der Waals surface area contributed by atoms with Gasteiger partial charge in [0.15, 0.2) is 11.6 Å². The SMILES string of the molecule is Fc1ccc2c(Nc3ccc(Cl)nc3)noc2c1F. The normalized spacial score (nSPS) is 10.9. The summed E-state index contributed by atoms with van der Waals surface area (Å²) in [4.78, 5) is 3.88. The zero-order valence-corrected chi connectivity index (χ0v) is 10.1. The molecule has 0 radical (unpaired) electrons. The molecule has 4 nitrogen and oxygen atoms in total. The lowest BCUT2D eigenvalue weighted by Gasteiger charge is -2.01. The predicted molar refractivity (Wildman–Crippen MR) is 66.5 cm³/mol. The maximum atomic E-state index is 13.4. The standard InChI is InChI=1S/C12H6ClF2N3O/c13-9-4-1-6(5-16-9)17-12-7-2-3-8(14)10(15)11(7)19-18-12/h1-5H,(H,17,18). The van der Waals surface area contributed by atoms with Crippen molar-refractivity contribution in [1.82, 2.24) is 10.1 Å². The smallest absolute Gasteiger partial charge is 0.207 e. The second-order valence-electron chi connectivity index (χ2n) is 3.76. The number of benzene rings is 1. The number of halogens is 3. The molecule has 0 aliphatic rings. The summed E-state index contributed by atoms with van der Waals surface area (Å²) >= 11 is 5.66. The van der Waals surface area contributed by atoms with Gasteiger partial charge in [0.05, 0.1) is 17.3 Å². The van der Waals surface area contributed by atoms with Crippen molar-refractivity contribution in [2.24, 2.45) is 0 Å². The van der Waals surface area contributed by atoms with Crippen molar-refractivity contribution in [2.45, 2.75) is 0 Å². The molecular formula is C12H6ClF2N3O. The van der Waals surface area contributed by atoms with Gasteiger partial charge in [-0.05, 0) is 24.3 Å². The van der Waals surface area contributed by atoms with Gasteiger partial charge in [0, 0.05) is 0 Å². The van der Waals surface area contributed by atoms with E-state index in [1.54, 1.807) is 12.1 Å². The molecule has 2 aromatic heterocycles. The van der Waals surface area contributed by atoms with Crippen LogP contribution in [0.15, 0.2) is 35.0 Å². The number of nitrogens with one attached hydrogen (secondary N) is 1. The van der Waals surface area contributed by atoms with E-state index in [1.165, 1.54) is 12.3 Å². The fourth-order valence-electron chi connectivity index (χ4n) is 1.62. The van der Waals surface area contributed by atoms with Crippen molar-refractivity contribution in [1.29, 1.82) is 0 Å². The first-order valence-corrected chi connectivity index (χ1v) is 5.65. The van der Waals surface area contributed by atoms with Crippen molar-refractivity contribution in [2.75, 3.05) is 5.32 Å². The minimum absolute atomic E-state index is 0.232. The lowest BCUT2D eigenvalue weighted by atomic mass is 10.2. The molecule has 0 spiro atoms. The molecule has 0 unspecified atom stereocenters. The third kappa shape index (κ3) is 2.10. The number of anilines is 2. The number of nitrogens with zero attached hydrogens (tertiary/aromatic N) is 2. The van der Waals surface area contributed by atoms with Crippen LogP contribution in [0.1, 0.15) is 0 Å². The Balaban J connectivity index is 2.02. The maximum absolute atomic E-state index is 13.4. The molecule has 2 heterocycles. The van der Waals surface area contributed by atoms with Gasteiger partial charge < -0.3 is 9.84 Å². The van der Waals surface area contributed by atoms with Gasteiger partial charge in [-0.1, -0.05) is 16.8 Å². The summed E-state index contributed by atoms with van der Waals surface area (Å²) in [5.41, 5.74) is 0.369. The van der Waals surface area contributed by atoms with Crippen LogP contribution in [0.4, 0.5) is 20.3 Å². The first-order valence-electron chi connectivity index (χ1n) is 5.27. The van der Waals surface area contributed by atoms with Crippen molar-refractivity contribution in [3.05, 3.63) is 47.2 Å². The van der Waals surface area contributed by atoms with Gasteiger partial charge in [-0.25, -0.2) is 9.37 Å². The Morgan fingerprint density at radius 1 is 1.16 bits per heavy atom. The second-order valence-corrected chi connectivity index (χ2v) is 4.15. The zero-order valence-electron chi connectivity index (χ0n) is 9.32. The summed E-state index contributed by atoms with van der Waals surface area (Å²) in [6.07, 6.45) is 1.49. The zero-order chi connectivity index (χ0) is 13.4. The van der Waals surface area contributed by atoms with Crippen LogP contribution in [0.2, 0.25) is 5.15 Å². The Morgan fingerprint density at radius 3 is 2.74 bits per heavy atom. The van der Waals surface area contributed by atoms with Crippen molar-refractivity contribution in [3.8, 4) is 0 Å². The molecule has 3 aromatic rings. The summed E-state index contributed by atoms with van der Waals surface area (Å²) in [6.45, 7) is 0. The highest BCUT2D eigenvalue weighted by atomic mass is 35.5. The van der Waals surface area contributed by atoms with Gasteiger partial charge >= 0.3 is 0 Å². The predicted octanol–water partition coefficient (Wildman–Crippen LogP) is 3.90. The van der Waals surface area contributed by atoms with Crippen LogP contribution in [0.25, 0.3) is 11.0 Å². The summed E-state index contributed by atoms with van der Waals surface area (Å²) in [5.74, 6) is -1.77. The summed E-state index contributed by atoms with van der Waals surface area (Å²) < 4.78 is 31.2. The number of hydrogen-bond acceptors (Lipinski definition) is 4. The summed E-state index contributed by atoms with van der Waals surface area (Å²) in [7, 11) is 0. The van der Waals surface area contributed by atoms with Crippen molar-refractivity contribution < 1.29 is 13.3 Å². The highest BCUT2D eigenvalue weighted by Crippen LogP contribution is 2.28. The lowest BCUT2D eigenvalue weighted by molar-refractivity contribution is 0.429. The highest BCUT2D eigenvalue weighted by molar-refractivity contribution is 6.29. The van der Waals surface area contributed by atoms with E-state index in [2.05, 4.69) is 15.5 Å². The molecule has 1 N–H and O–H groups in total. The van der Waals surface area contributed by atoms with E-state index in [4.69, 9.17) is 16.1 Å². The van der Waals surface area contributed by atoms with Crippen molar-refractivity contribution in [3.63, 3.8) is 0 Å². The molecule has 0 bridgehead atoms. The average Bonchev–Trinajstić information content (AvgIpc) is 2.80. The van der Waals surface area contributed by atoms with E-state index < -0.39 is 11.6 Å². The van der Waals surface area contributed by atoms with Gasteiger partial charge in [-0.2, -0.15) is 4.39 Å². The summed E-state index contributed by atoms with van der Waals surface area (Å²) in [6, 6.07) is 5.66. The Labute approximate surface area is 111 Å². The lowest BCUT2D eigenvalue weighted by Crippen LogP contribution is -1.92. The van der Waals surface area contributed by atoms with Gasteiger partial charge in [-0.3, -0.25) is 0 Å². The van der Waals surface area contributed by atoms with Gasteiger partial charge in [0.1, 0.15) is 5.15 Å². The quantitative estimate of drug-likeness (QED) is 0.724. The first kappa shape index (κ1) is 11.9. The summed E-state index contributed by atoms with van der Waals surface area (Å²) in [5, 5.41) is 7.24. The van der Waals surface area contributed by atoms with Crippen LogP contribution in [0, 0.1) is 11.6 Å². The third-order valence-corrected chi connectivity index (χ3v) is 2.75. The second kappa shape index (κ2) is 4.47. The Bertz CT molecular complexity index is 743.